The Kier molecular flexibility index (Phi) is 2.09. The molecular formula is C8H4BrClN2O. The summed E-state index contributed by atoms with van der Waals surface area (Å²) < 4.78 is 0.723. The topological polar surface area (TPSA) is 45.8 Å². The number of fused-ring (bicyclic) bond motifs is 1. The number of H-pyrrole nitrogens is 1. The molecule has 0 aliphatic rings. The van der Waals surface area contributed by atoms with E-state index in [1.807, 2.05) is 0 Å². The lowest BCUT2D eigenvalue weighted by Crippen LogP contribution is -2.06. The van der Waals surface area contributed by atoms with E-state index in [1.165, 1.54) is 6.33 Å². The van der Waals surface area contributed by atoms with Gasteiger partial charge in [0.1, 0.15) is 0 Å². The molecule has 0 saturated carbocycles. The highest BCUT2D eigenvalue weighted by atomic mass is 79.9. The van der Waals surface area contributed by atoms with Gasteiger partial charge in [0.2, 0.25) is 0 Å². The number of halogens is 2. The summed E-state index contributed by atoms with van der Waals surface area (Å²) in [5.74, 6) is 0. The largest absolute Gasteiger partial charge is 0.313 e. The first-order valence-corrected chi connectivity index (χ1v) is 4.68. The van der Waals surface area contributed by atoms with Crippen molar-refractivity contribution in [2.45, 2.75) is 0 Å². The number of aromatic nitrogens is 2. The van der Waals surface area contributed by atoms with Gasteiger partial charge in [-0.25, -0.2) is 4.98 Å². The van der Waals surface area contributed by atoms with Crippen LogP contribution in [0, 0.1) is 0 Å². The highest BCUT2D eigenvalue weighted by Crippen LogP contribution is 2.23. The number of nitrogens with zero attached hydrogens (tertiary/aromatic N) is 1. The van der Waals surface area contributed by atoms with Crippen LogP contribution in [0.15, 0.2) is 27.7 Å². The molecule has 0 unspecified atom stereocenters. The van der Waals surface area contributed by atoms with E-state index in [4.69, 9.17) is 11.6 Å². The molecule has 0 saturated heterocycles. The van der Waals surface area contributed by atoms with E-state index in [0.717, 1.165) is 4.47 Å². The van der Waals surface area contributed by atoms with E-state index < -0.39 is 0 Å². The van der Waals surface area contributed by atoms with Gasteiger partial charge in [0.25, 0.3) is 5.56 Å². The van der Waals surface area contributed by atoms with Crippen molar-refractivity contribution in [2.24, 2.45) is 0 Å². The molecule has 66 valence electrons. The monoisotopic (exact) mass is 258 g/mol. The Morgan fingerprint density at radius 3 is 3.00 bits per heavy atom. The lowest BCUT2D eigenvalue weighted by molar-refractivity contribution is 1.17. The summed E-state index contributed by atoms with van der Waals surface area (Å²) in [6, 6.07) is 3.30. The van der Waals surface area contributed by atoms with E-state index >= 15 is 0 Å². The number of benzene rings is 1. The van der Waals surface area contributed by atoms with Gasteiger partial charge in [0, 0.05) is 9.50 Å². The molecule has 2 aromatic rings. The van der Waals surface area contributed by atoms with E-state index in [2.05, 4.69) is 25.9 Å². The zero-order valence-corrected chi connectivity index (χ0v) is 8.69. The average molecular weight is 259 g/mol. The van der Waals surface area contributed by atoms with Crippen LogP contribution in [0.3, 0.4) is 0 Å². The maximum absolute atomic E-state index is 11.3. The SMILES string of the molecule is O=c1[nH]cnc2c(Br)cc(Cl)cc12. The van der Waals surface area contributed by atoms with E-state index in [9.17, 15) is 4.79 Å². The molecule has 0 aliphatic heterocycles. The summed E-state index contributed by atoms with van der Waals surface area (Å²) in [5.41, 5.74) is 0.432. The fraction of sp³-hybridized carbons (Fsp3) is 0. The third-order valence-corrected chi connectivity index (χ3v) is 2.48. The smallest absolute Gasteiger partial charge is 0.258 e. The molecule has 1 N–H and O–H groups in total. The van der Waals surface area contributed by atoms with Crippen molar-refractivity contribution in [3.05, 3.63) is 38.3 Å². The maximum Gasteiger partial charge on any atom is 0.258 e. The quantitative estimate of drug-likeness (QED) is 0.789. The van der Waals surface area contributed by atoms with Crippen molar-refractivity contribution in [3.63, 3.8) is 0 Å². The van der Waals surface area contributed by atoms with Crippen LogP contribution in [0.2, 0.25) is 5.02 Å². The minimum absolute atomic E-state index is 0.187. The number of hydrogen-bond donors (Lipinski definition) is 1. The molecule has 2 rings (SSSR count). The Labute approximate surface area is 86.9 Å². The van der Waals surface area contributed by atoms with Crippen molar-refractivity contribution < 1.29 is 0 Å². The first-order valence-electron chi connectivity index (χ1n) is 3.51. The summed E-state index contributed by atoms with van der Waals surface area (Å²) in [6.45, 7) is 0. The van der Waals surface area contributed by atoms with Gasteiger partial charge in [-0.05, 0) is 28.1 Å². The molecule has 0 spiro atoms. The highest BCUT2D eigenvalue weighted by Gasteiger charge is 2.04. The number of nitrogens with one attached hydrogen (secondary N) is 1. The molecule has 0 fully saturated rings. The van der Waals surface area contributed by atoms with Crippen LogP contribution in [0.1, 0.15) is 0 Å². The Bertz CT molecular complexity index is 523. The highest BCUT2D eigenvalue weighted by molar-refractivity contribution is 9.10. The van der Waals surface area contributed by atoms with Gasteiger partial charge in [0.15, 0.2) is 0 Å². The predicted octanol–water partition coefficient (Wildman–Crippen LogP) is 2.34. The van der Waals surface area contributed by atoms with E-state index in [0.29, 0.717) is 15.9 Å². The lowest BCUT2D eigenvalue weighted by Gasteiger charge is -1.98. The van der Waals surface area contributed by atoms with E-state index in [1.54, 1.807) is 12.1 Å². The van der Waals surface area contributed by atoms with Crippen LogP contribution in [0.25, 0.3) is 10.9 Å². The Hall–Kier alpha value is -0.870. The second kappa shape index (κ2) is 3.12. The number of rotatable bonds is 0. The predicted molar refractivity (Wildman–Crippen MR) is 55.1 cm³/mol. The minimum atomic E-state index is -0.187. The van der Waals surface area contributed by atoms with Gasteiger partial charge in [-0.1, -0.05) is 11.6 Å². The molecule has 3 nitrogen and oxygen atoms in total. The molecule has 1 aromatic carbocycles. The van der Waals surface area contributed by atoms with Gasteiger partial charge in [-0.3, -0.25) is 4.79 Å². The summed E-state index contributed by atoms with van der Waals surface area (Å²) in [5, 5.41) is 1.000. The fourth-order valence-electron chi connectivity index (χ4n) is 1.10. The van der Waals surface area contributed by atoms with Crippen molar-refractivity contribution in [3.8, 4) is 0 Å². The van der Waals surface area contributed by atoms with Gasteiger partial charge in [0.05, 0.1) is 17.2 Å². The first-order chi connectivity index (χ1) is 6.18. The molecule has 0 radical (unpaired) electrons. The van der Waals surface area contributed by atoms with Gasteiger partial charge >= 0.3 is 0 Å². The molecule has 5 heteroatoms. The molecule has 0 atom stereocenters. The summed E-state index contributed by atoms with van der Waals surface area (Å²) >= 11 is 9.07. The molecular weight excluding hydrogens is 255 g/mol. The van der Waals surface area contributed by atoms with Crippen molar-refractivity contribution in [1.29, 1.82) is 0 Å². The van der Waals surface area contributed by atoms with Crippen molar-refractivity contribution >= 4 is 38.4 Å². The maximum atomic E-state index is 11.3. The fourth-order valence-corrected chi connectivity index (χ4v) is 2.02. The summed E-state index contributed by atoms with van der Waals surface area (Å²) in [6.07, 6.45) is 1.36. The van der Waals surface area contributed by atoms with Crippen LogP contribution < -0.4 is 5.56 Å². The first kappa shape index (κ1) is 8.72. The molecule has 0 amide bonds. The average Bonchev–Trinajstić information content (AvgIpc) is 2.07. The Balaban J connectivity index is 3.03. The molecule has 0 aliphatic carbocycles. The van der Waals surface area contributed by atoms with E-state index in [-0.39, 0.29) is 5.56 Å². The van der Waals surface area contributed by atoms with Crippen LogP contribution in [-0.2, 0) is 0 Å². The van der Waals surface area contributed by atoms with Gasteiger partial charge in [-0.15, -0.1) is 0 Å². The standard InChI is InChI=1S/C8H4BrClN2O/c9-6-2-4(10)1-5-7(6)11-3-12-8(5)13/h1-3H,(H,11,12,13). The summed E-state index contributed by atoms with van der Waals surface area (Å²) in [7, 11) is 0. The number of aromatic amines is 1. The van der Waals surface area contributed by atoms with Crippen LogP contribution in [0.5, 0.6) is 0 Å². The molecule has 0 bridgehead atoms. The zero-order chi connectivity index (χ0) is 9.42. The molecule has 1 aromatic heterocycles. The molecule has 13 heavy (non-hydrogen) atoms. The van der Waals surface area contributed by atoms with Crippen molar-refractivity contribution in [2.75, 3.05) is 0 Å². The van der Waals surface area contributed by atoms with Gasteiger partial charge < -0.3 is 4.98 Å². The Morgan fingerprint density at radius 1 is 1.46 bits per heavy atom. The zero-order valence-electron chi connectivity index (χ0n) is 6.34. The van der Waals surface area contributed by atoms with Gasteiger partial charge in [-0.2, -0.15) is 0 Å². The molecule has 1 heterocycles. The van der Waals surface area contributed by atoms with Crippen LogP contribution in [0.4, 0.5) is 0 Å². The third kappa shape index (κ3) is 1.47. The second-order valence-corrected chi connectivity index (χ2v) is 3.81. The second-order valence-electron chi connectivity index (χ2n) is 2.52. The summed E-state index contributed by atoms with van der Waals surface area (Å²) in [4.78, 5) is 17.8. The lowest BCUT2D eigenvalue weighted by atomic mass is 10.2. The van der Waals surface area contributed by atoms with Crippen LogP contribution >= 0.6 is 27.5 Å². The third-order valence-electron chi connectivity index (χ3n) is 1.66. The normalized spacial score (nSPS) is 10.6. The van der Waals surface area contributed by atoms with Crippen molar-refractivity contribution in [1.82, 2.24) is 9.97 Å². The Morgan fingerprint density at radius 2 is 2.23 bits per heavy atom. The number of hydrogen-bond acceptors (Lipinski definition) is 2. The minimum Gasteiger partial charge on any atom is -0.313 e. The van der Waals surface area contributed by atoms with Crippen LogP contribution in [-0.4, -0.2) is 9.97 Å².